The third kappa shape index (κ3) is 6.14. The van der Waals surface area contributed by atoms with Crippen molar-refractivity contribution in [1.82, 2.24) is 16.0 Å². The first kappa shape index (κ1) is 19.9. The van der Waals surface area contributed by atoms with Crippen molar-refractivity contribution in [1.29, 1.82) is 0 Å². The molecule has 0 saturated carbocycles. The molecule has 5 N–H and O–H groups in total. The minimum atomic E-state index is -2.69. The highest BCUT2D eigenvalue weighted by atomic mass is 28.4. The van der Waals surface area contributed by atoms with E-state index < -0.39 is 8.80 Å². The third-order valence-electron chi connectivity index (χ3n) is 3.15. The molecule has 0 saturated heterocycles. The van der Waals surface area contributed by atoms with E-state index in [0.29, 0.717) is 0 Å². The van der Waals surface area contributed by atoms with Crippen molar-refractivity contribution in [2.24, 2.45) is 5.73 Å². The molecule has 0 amide bonds. The fourth-order valence-corrected chi connectivity index (χ4v) is 4.62. The first-order valence-electron chi connectivity index (χ1n) is 7.04. The topological polar surface area (TPSA) is 89.8 Å². The van der Waals surface area contributed by atoms with E-state index in [0.717, 1.165) is 6.42 Å². The van der Waals surface area contributed by atoms with Crippen molar-refractivity contribution in [3.05, 3.63) is 0 Å². The van der Waals surface area contributed by atoms with Crippen LogP contribution in [-0.2, 0) is 13.3 Å². The molecule has 122 valence electrons. The number of hydrogen-bond donors (Lipinski definition) is 4. The van der Waals surface area contributed by atoms with Gasteiger partial charge in [-0.1, -0.05) is 6.92 Å². The van der Waals surface area contributed by atoms with Crippen LogP contribution in [-0.4, -0.2) is 54.3 Å². The number of hydrogen-bond acceptors (Lipinski definition) is 7. The molecule has 0 aliphatic rings. The second-order valence-corrected chi connectivity index (χ2v) is 8.04. The maximum Gasteiger partial charge on any atom is 0.518 e. The van der Waals surface area contributed by atoms with Crippen molar-refractivity contribution in [3.8, 4) is 0 Å². The van der Waals surface area contributed by atoms with Gasteiger partial charge in [0.15, 0.2) is 0 Å². The Kier molecular flexibility index (Phi) is 9.77. The molecular formula is C12H32N4O3Si. The summed E-state index contributed by atoms with van der Waals surface area (Å²) in [6, 6.07) is 0. The van der Waals surface area contributed by atoms with Crippen molar-refractivity contribution in [2.75, 3.05) is 21.3 Å². The van der Waals surface area contributed by atoms with Crippen molar-refractivity contribution in [3.63, 3.8) is 0 Å². The first-order valence-corrected chi connectivity index (χ1v) is 8.84. The minimum absolute atomic E-state index is 0.0208. The van der Waals surface area contributed by atoms with Gasteiger partial charge in [-0.15, -0.1) is 0 Å². The average Bonchev–Trinajstić information content (AvgIpc) is 2.38. The highest BCUT2D eigenvalue weighted by Gasteiger charge is 2.46. The predicted molar refractivity (Wildman–Crippen MR) is 82.8 cm³/mol. The van der Waals surface area contributed by atoms with Crippen LogP contribution >= 0.6 is 0 Å². The summed E-state index contributed by atoms with van der Waals surface area (Å²) in [7, 11) is 2.19. The zero-order valence-corrected chi connectivity index (χ0v) is 14.8. The van der Waals surface area contributed by atoms with Crippen LogP contribution in [0.15, 0.2) is 0 Å². The molecule has 0 bridgehead atoms. The molecule has 0 aromatic heterocycles. The molecule has 0 aliphatic carbocycles. The molecular weight excluding hydrogens is 276 g/mol. The predicted octanol–water partition coefficient (Wildman–Crippen LogP) is -0.0522. The van der Waals surface area contributed by atoms with Gasteiger partial charge in [0.1, 0.15) is 0 Å². The average molecular weight is 308 g/mol. The second-order valence-electron chi connectivity index (χ2n) is 4.91. The Labute approximate surface area is 124 Å². The van der Waals surface area contributed by atoms with Gasteiger partial charge in [0.2, 0.25) is 0 Å². The fourth-order valence-electron chi connectivity index (χ4n) is 2.31. The van der Waals surface area contributed by atoms with Crippen molar-refractivity contribution < 1.29 is 13.3 Å². The van der Waals surface area contributed by atoms with Crippen LogP contribution in [0.3, 0.4) is 0 Å². The summed E-state index contributed by atoms with van der Waals surface area (Å²) >= 11 is 0. The Hall–Kier alpha value is -0.0631. The molecule has 0 spiro atoms. The number of nitrogens with two attached hydrogens (primary N) is 1. The minimum Gasteiger partial charge on any atom is -0.376 e. The van der Waals surface area contributed by atoms with Gasteiger partial charge in [-0.2, -0.15) is 0 Å². The van der Waals surface area contributed by atoms with E-state index in [1.54, 1.807) is 21.3 Å². The number of nitrogens with one attached hydrogen (secondary N) is 3. The van der Waals surface area contributed by atoms with Crippen molar-refractivity contribution >= 4 is 8.80 Å². The monoisotopic (exact) mass is 308 g/mol. The second kappa shape index (κ2) is 9.80. The van der Waals surface area contributed by atoms with E-state index >= 15 is 0 Å². The van der Waals surface area contributed by atoms with E-state index in [1.165, 1.54) is 0 Å². The summed E-state index contributed by atoms with van der Waals surface area (Å²) in [5, 5.41) is 10.0. The molecule has 7 nitrogen and oxygen atoms in total. The van der Waals surface area contributed by atoms with E-state index in [4.69, 9.17) is 19.0 Å². The molecule has 20 heavy (non-hydrogen) atoms. The standard InChI is InChI=1S/C12H32N4O3Si/c1-8-12(20(17-5,18-6)19-7)16-11(4)15-10(3)14-9(2)13/h9-12,14-16H,8,13H2,1-7H3. The Morgan fingerprint density at radius 2 is 1.35 bits per heavy atom. The molecule has 0 heterocycles. The molecule has 0 fully saturated rings. The van der Waals surface area contributed by atoms with Gasteiger partial charge in [0, 0.05) is 21.3 Å². The lowest BCUT2D eigenvalue weighted by Gasteiger charge is -2.35. The van der Waals surface area contributed by atoms with Crippen LogP contribution in [0.4, 0.5) is 0 Å². The lowest BCUT2D eigenvalue weighted by molar-refractivity contribution is 0.102. The molecule has 0 aromatic carbocycles. The van der Waals surface area contributed by atoms with Crippen LogP contribution in [0, 0.1) is 0 Å². The summed E-state index contributed by atoms with van der Waals surface area (Å²) in [6.07, 6.45) is 0.951. The van der Waals surface area contributed by atoms with E-state index in [1.807, 2.05) is 20.8 Å². The lowest BCUT2D eigenvalue weighted by atomic mass is 10.4. The normalized spacial score (nSPS) is 18.6. The van der Waals surface area contributed by atoms with Crippen LogP contribution < -0.4 is 21.7 Å². The Bertz CT molecular complexity index is 247. The van der Waals surface area contributed by atoms with Gasteiger partial charge in [0.05, 0.1) is 24.2 Å². The fraction of sp³-hybridized carbons (Fsp3) is 1.00. The molecule has 0 aromatic rings. The van der Waals surface area contributed by atoms with Gasteiger partial charge in [-0.3, -0.25) is 16.0 Å². The highest BCUT2D eigenvalue weighted by Crippen LogP contribution is 2.15. The SMILES string of the molecule is CCC(NC(C)NC(C)NC(C)N)[Si](OC)(OC)OC. The van der Waals surface area contributed by atoms with Gasteiger partial charge >= 0.3 is 8.80 Å². The van der Waals surface area contributed by atoms with Gasteiger partial charge < -0.3 is 19.0 Å². The number of rotatable bonds is 11. The smallest absolute Gasteiger partial charge is 0.376 e. The molecule has 0 radical (unpaired) electrons. The van der Waals surface area contributed by atoms with E-state index in [2.05, 4.69) is 22.9 Å². The summed E-state index contributed by atoms with van der Waals surface area (Å²) in [4.78, 5) is 0. The Morgan fingerprint density at radius 3 is 1.70 bits per heavy atom. The third-order valence-corrected chi connectivity index (χ3v) is 6.29. The van der Waals surface area contributed by atoms with Gasteiger partial charge in [-0.25, -0.2) is 0 Å². The quantitative estimate of drug-likeness (QED) is 0.314. The molecule has 8 heteroatoms. The summed E-state index contributed by atoms with van der Waals surface area (Å²) in [6.45, 7) is 8.05. The largest absolute Gasteiger partial charge is 0.518 e. The van der Waals surface area contributed by atoms with Crippen LogP contribution in [0.1, 0.15) is 34.1 Å². The first-order chi connectivity index (χ1) is 9.34. The summed E-state index contributed by atoms with van der Waals surface area (Å²) in [5.74, 6) is 0. The van der Waals surface area contributed by atoms with E-state index in [9.17, 15) is 0 Å². The van der Waals surface area contributed by atoms with Crippen LogP contribution in [0.2, 0.25) is 0 Å². The summed E-state index contributed by atoms with van der Waals surface area (Å²) < 4.78 is 16.6. The zero-order chi connectivity index (χ0) is 15.8. The Balaban J connectivity index is 4.55. The van der Waals surface area contributed by atoms with E-state index in [-0.39, 0.29) is 24.2 Å². The molecule has 0 rings (SSSR count). The van der Waals surface area contributed by atoms with Gasteiger partial charge in [-0.05, 0) is 27.2 Å². The van der Waals surface area contributed by atoms with Crippen LogP contribution in [0.5, 0.6) is 0 Å². The van der Waals surface area contributed by atoms with Crippen LogP contribution in [0.25, 0.3) is 0 Å². The molecule has 0 aliphatic heterocycles. The molecule has 4 unspecified atom stereocenters. The maximum absolute atomic E-state index is 5.71. The summed E-state index contributed by atoms with van der Waals surface area (Å²) in [5.41, 5.74) is 5.73. The highest BCUT2D eigenvalue weighted by molar-refractivity contribution is 6.62. The maximum atomic E-state index is 5.71. The molecule has 4 atom stereocenters. The zero-order valence-electron chi connectivity index (χ0n) is 13.8. The lowest BCUT2D eigenvalue weighted by Crippen LogP contribution is -2.64. The van der Waals surface area contributed by atoms with Gasteiger partial charge in [0.25, 0.3) is 0 Å². The van der Waals surface area contributed by atoms with Crippen molar-refractivity contribution in [2.45, 2.75) is 58.3 Å². The Morgan fingerprint density at radius 1 is 0.900 bits per heavy atom.